The highest BCUT2D eigenvalue weighted by molar-refractivity contribution is 5.77. The summed E-state index contributed by atoms with van der Waals surface area (Å²) in [6.45, 7) is 0. The van der Waals surface area contributed by atoms with E-state index in [-0.39, 0.29) is 0 Å². The molecule has 0 amide bonds. The Kier molecular flexibility index (Phi) is 3.14. The van der Waals surface area contributed by atoms with Gasteiger partial charge in [0.15, 0.2) is 0 Å². The van der Waals surface area contributed by atoms with Gasteiger partial charge in [-0.15, -0.1) is 0 Å². The molecule has 17 heavy (non-hydrogen) atoms. The highest BCUT2D eigenvalue weighted by Gasteiger charge is 2.09. The minimum absolute atomic E-state index is 0.407. The maximum absolute atomic E-state index is 10.5. The standard InChI is InChI=1S/C13H12NO3/c1-16-10-4-6-13(17-2)11(7-10)12-5-3-9(8-15)14-12/h3-7,14H,1-2H3. The van der Waals surface area contributed by atoms with Gasteiger partial charge in [-0.2, -0.15) is 0 Å². The maximum Gasteiger partial charge on any atom is 0.251 e. The molecular weight excluding hydrogens is 218 g/mol. The fraction of sp³-hybridized carbons (Fsp3) is 0.154. The number of rotatable bonds is 4. The summed E-state index contributed by atoms with van der Waals surface area (Å²) in [6.07, 6.45) is 1.81. The molecule has 0 saturated carbocycles. The summed E-state index contributed by atoms with van der Waals surface area (Å²) in [5.74, 6) is 1.44. The Morgan fingerprint density at radius 1 is 1.12 bits per heavy atom. The fourth-order valence-corrected chi connectivity index (χ4v) is 1.64. The number of H-pyrrole nitrogens is 1. The molecule has 2 aromatic rings. The van der Waals surface area contributed by atoms with E-state index in [0.29, 0.717) is 11.4 Å². The van der Waals surface area contributed by atoms with Crippen molar-refractivity contribution in [2.45, 2.75) is 0 Å². The molecule has 1 radical (unpaired) electrons. The van der Waals surface area contributed by atoms with E-state index in [1.165, 1.54) is 0 Å². The van der Waals surface area contributed by atoms with Crippen molar-refractivity contribution in [3.05, 3.63) is 36.0 Å². The van der Waals surface area contributed by atoms with Gasteiger partial charge in [-0.1, -0.05) is 0 Å². The predicted octanol–water partition coefficient (Wildman–Crippen LogP) is 2.16. The molecule has 0 unspecified atom stereocenters. The van der Waals surface area contributed by atoms with Crippen LogP contribution in [0.2, 0.25) is 0 Å². The van der Waals surface area contributed by atoms with Gasteiger partial charge in [0.25, 0.3) is 6.29 Å². The van der Waals surface area contributed by atoms with Gasteiger partial charge in [0.1, 0.15) is 11.5 Å². The lowest BCUT2D eigenvalue weighted by atomic mass is 10.1. The van der Waals surface area contributed by atoms with Crippen molar-refractivity contribution in [3.63, 3.8) is 0 Å². The predicted molar refractivity (Wildman–Crippen MR) is 64.1 cm³/mol. The largest absolute Gasteiger partial charge is 0.497 e. The molecule has 0 aliphatic carbocycles. The summed E-state index contributed by atoms with van der Waals surface area (Å²) in [5, 5.41) is 0. The Bertz CT molecular complexity index is 531. The van der Waals surface area contributed by atoms with Crippen LogP contribution in [0.5, 0.6) is 11.5 Å². The van der Waals surface area contributed by atoms with Crippen molar-refractivity contribution in [3.8, 4) is 22.8 Å². The zero-order valence-electron chi connectivity index (χ0n) is 9.61. The molecule has 0 saturated heterocycles. The van der Waals surface area contributed by atoms with Gasteiger partial charge < -0.3 is 14.5 Å². The zero-order valence-corrected chi connectivity index (χ0v) is 9.61. The Morgan fingerprint density at radius 2 is 1.94 bits per heavy atom. The van der Waals surface area contributed by atoms with Gasteiger partial charge in [0, 0.05) is 11.3 Å². The average molecular weight is 230 g/mol. The van der Waals surface area contributed by atoms with Crippen LogP contribution in [0.3, 0.4) is 0 Å². The van der Waals surface area contributed by atoms with Crippen LogP contribution >= 0.6 is 0 Å². The number of hydrogen-bond donors (Lipinski definition) is 1. The molecule has 1 aromatic heterocycles. The van der Waals surface area contributed by atoms with Gasteiger partial charge in [-0.3, -0.25) is 4.79 Å². The van der Waals surface area contributed by atoms with E-state index in [9.17, 15) is 4.79 Å². The van der Waals surface area contributed by atoms with Crippen molar-refractivity contribution < 1.29 is 14.3 Å². The lowest BCUT2D eigenvalue weighted by molar-refractivity contribution is 0.404. The third-order valence-electron chi connectivity index (χ3n) is 2.49. The molecule has 4 nitrogen and oxygen atoms in total. The molecule has 0 spiro atoms. The molecule has 2 rings (SSSR count). The second-order valence-electron chi connectivity index (χ2n) is 3.45. The van der Waals surface area contributed by atoms with Gasteiger partial charge in [0.2, 0.25) is 0 Å². The number of ether oxygens (including phenoxy) is 2. The minimum atomic E-state index is 0.407. The third-order valence-corrected chi connectivity index (χ3v) is 2.49. The number of carbonyl (C=O) groups excluding carboxylic acids is 1. The topological polar surface area (TPSA) is 51.3 Å². The Balaban J connectivity index is 2.51. The van der Waals surface area contributed by atoms with Crippen molar-refractivity contribution in [2.24, 2.45) is 0 Å². The highest BCUT2D eigenvalue weighted by atomic mass is 16.5. The molecule has 1 aromatic carbocycles. The van der Waals surface area contributed by atoms with E-state index in [2.05, 4.69) is 4.98 Å². The molecule has 0 atom stereocenters. The Hall–Kier alpha value is -2.23. The van der Waals surface area contributed by atoms with Crippen LogP contribution in [0.15, 0.2) is 30.3 Å². The summed E-state index contributed by atoms with van der Waals surface area (Å²) in [7, 11) is 3.20. The molecule has 0 aliphatic rings. The van der Waals surface area contributed by atoms with Crippen molar-refractivity contribution >= 4 is 6.29 Å². The number of aromatic amines is 1. The summed E-state index contributed by atoms with van der Waals surface area (Å²) < 4.78 is 10.4. The van der Waals surface area contributed by atoms with Crippen molar-refractivity contribution in [2.75, 3.05) is 14.2 Å². The minimum Gasteiger partial charge on any atom is -0.497 e. The number of methoxy groups -OCH3 is 2. The number of nitrogens with one attached hydrogen (secondary N) is 1. The first-order chi connectivity index (χ1) is 8.28. The van der Waals surface area contributed by atoms with E-state index in [1.807, 2.05) is 18.2 Å². The van der Waals surface area contributed by atoms with Crippen LogP contribution in [0.4, 0.5) is 0 Å². The van der Waals surface area contributed by atoms with E-state index < -0.39 is 0 Å². The van der Waals surface area contributed by atoms with E-state index in [1.54, 1.807) is 32.6 Å². The van der Waals surface area contributed by atoms with Gasteiger partial charge in [0.05, 0.1) is 19.9 Å². The summed E-state index contributed by atoms with van der Waals surface area (Å²) >= 11 is 0. The lowest BCUT2D eigenvalue weighted by Gasteiger charge is -2.09. The van der Waals surface area contributed by atoms with Crippen molar-refractivity contribution in [1.29, 1.82) is 0 Å². The normalized spacial score (nSPS) is 10.0. The molecule has 0 fully saturated rings. The summed E-state index contributed by atoms with van der Waals surface area (Å²) in [6, 6.07) is 8.95. The first-order valence-electron chi connectivity index (χ1n) is 5.08. The second kappa shape index (κ2) is 4.74. The first-order valence-corrected chi connectivity index (χ1v) is 5.08. The first kappa shape index (κ1) is 11.3. The van der Waals surface area contributed by atoms with Gasteiger partial charge >= 0.3 is 0 Å². The quantitative estimate of drug-likeness (QED) is 0.875. The molecule has 1 heterocycles. The van der Waals surface area contributed by atoms with Crippen LogP contribution in [0.25, 0.3) is 11.3 Å². The van der Waals surface area contributed by atoms with Gasteiger partial charge in [-0.25, -0.2) is 0 Å². The van der Waals surface area contributed by atoms with Gasteiger partial charge in [-0.05, 0) is 30.3 Å². The summed E-state index contributed by atoms with van der Waals surface area (Å²) in [4.78, 5) is 13.5. The van der Waals surface area contributed by atoms with E-state index in [0.717, 1.165) is 17.0 Å². The molecule has 4 heteroatoms. The van der Waals surface area contributed by atoms with Crippen molar-refractivity contribution in [1.82, 2.24) is 4.98 Å². The van der Waals surface area contributed by atoms with Crippen LogP contribution in [-0.2, 0) is 4.79 Å². The number of hydrogen-bond acceptors (Lipinski definition) is 3. The zero-order chi connectivity index (χ0) is 12.3. The number of benzene rings is 1. The summed E-state index contributed by atoms with van der Waals surface area (Å²) in [5.41, 5.74) is 2.04. The molecular formula is C13H12NO3. The van der Waals surface area contributed by atoms with Crippen LogP contribution < -0.4 is 9.47 Å². The van der Waals surface area contributed by atoms with E-state index >= 15 is 0 Å². The second-order valence-corrected chi connectivity index (χ2v) is 3.45. The maximum atomic E-state index is 10.5. The fourth-order valence-electron chi connectivity index (χ4n) is 1.64. The van der Waals surface area contributed by atoms with E-state index in [4.69, 9.17) is 9.47 Å². The lowest BCUT2D eigenvalue weighted by Crippen LogP contribution is -1.90. The van der Waals surface area contributed by atoms with Crippen LogP contribution in [0.1, 0.15) is 5.69 Å². The monoisotopic (exact) mass is 230 g/mol. The smallest absolute Gasteiger partial charge is 0.251 e. The average Bonchev–Trinajstić information content (AvgIpc) is 2.86. The third kappa shape index (κ3) is 2.15. The highest BCUT2D eigenvalue weighted by Crippen LogP contribution is 2.32. The molecule has 0 aliphatic heterocycles. The molecule has 87 valence electrons. The van der Waals surface area contributed by atoms with Crippen LogP contribution in [-0.4, -0.2) is 25.5 Å². The van der Waals surface area contributed by atoms with Crippen LogP contribution in [0, 0.1) is 0 Å². The number of aromatic nitrogens is 1. The SMILES string of the molecule is COc1ccc(OC)c(-c2ccc([C]=O)[nH]2)c1. The molecule has 0 bridgehead atoms. The molecule has 1 N–H and O–H groups in total. The Morgan fingerprint density at radius 3 is 2.53 bits per heavy atom. The Labute approximate surface area is 99.2 Å².